The molecule has 1 aliphatic heterocycles. The topological polar surface area (TPSA) is 61.4 Å². The van der Waals surface area contributed by atoms with Gasteiger partial charge in [-0.1, -0.05) is 31.2 Å². The Bertz CT molecular complexity index is 477. The molecule has 0 bridgehead atoms. The third-order valence-electron chi connectivity index (χ3n) is 3.71. The molecule has 0 atom stereocenters. The van der Waals surface area contributed by atoms with Gasteiger partial charge in [0.05, 0.1) is 0 Å². The number of carbonyl (C=O) groups is 2. The molecule has 1 heterocycles. The quantitative estimate of drug-likeness (QED) is 0.805. The van der Waals surface area contributed by atoms with E-state index in [1.165, 1.54) is 5.56 Å². The molecule has 1 aromatic carbocycles. The summed E-state index contributed by atoms with van der Waals surface area (Å²) < 4.78 is 0. The highest BCUT2D eigenvalue weighted by atomic mass is 16.2. The predicted molar refractivity (Wildman–Crippen MR) is 81.7 cm³/mol. The lowest BCUT2D eigenvalue weighted by molar-refractivity contribution is -0.145. The first kappa shape index (κ1) is 15.5. The fourth-order valence-electron chi connectivity index (χ4n) is 2.34. The molecule has 0 saturated carbocycles. The van der Waals surface area contributed by atoms with Crippen LogP contribution in [-0.2, 0) is 22.6 Å². The summed E-state index contributed by atoms with van der Waals surface area (Å²) >= 11 is 0. The van der Waals surface area contributed by atoms with Crippen LogP contribution in [0, 0.1) is 0 Å². The lowest BCUT2D eigenvalue weighted by Gasteiger charge is -2.19. The largest absolute Gasteiger partial charge is 0.344 e. The van der Waals surface area contributed by atoms with E-state index >= 15 is 0 Å². The van der Waals surface area contributed by atoms with Crippen LogP contribution in [-0.4, -0.2) is 42.9 Å². The number of rotatable bonds is 3. The Labute approximate surface area is 125 Å². The van der Waals surface area contributed by atoms with E-state index < -0.39 is 11.8 Å². The SMILES string of the molecule is CCc1ccc(CNC(=O)C(=O)N2CCCNCC2)cc1. The highest BCUT2D eigenvalue weighted by Gasteiger charge is 2.21. The second-order valence-electron chi connectivity index (χ2n) is 5.25. The van der Waals surface area contributed by atoms with Crippen molar-refractivity contribution in [3.63, 3.8) is 0 Å². The fraction of sp³-hybridized carbons (Fsp3) is 0.500. The Balaban J connectivity index is 1.83. The number of nitrogens with one attached hydrogen (secondary N) is 2. The van der Waals surface area contributed by atoms with E-state index in [1.54, 1.807) is 4.90 Å². The summed E-state index contributed by atoms with van der Waals surface area (Å²) in [7, 11) is 0. The van der Waals surface area contributed by atoms with Crippen molar-refractivity contribution in [3.05, 3.63) is 35.4 Å². The van der Waals surface area contributed by atoms with E-state index in [0.717, 1.165) is 31.5 Å². The van der Waals surface area contributed by atoms with Crippen LogP contribution in [0.15, 0.2) is 24.3 Å². The van der Waals surface area contributed by atoms with Crippen LogP contribution in [0.3, 0.4) is 0 Å². The van der Waals surface area contributed by atoms with E-state index in [0.29, 0.717) is 19.6 Å². The van der Waals surface area contributed by atoms with E-state index in [4.69, 9.17) is 0 Å². The lowest BCUT2D eigenvalue weighted by Crippen LogP contribution is -2.44. The van der Waals surface area contributed by atoms with Crippen LogP contribution in [0.25, 0.3) is 0 Å². The number of hydrogen-bond donors (Lipinski definition) is 2. The molecule has 0 aliphatic carbocycles. The van der Waals surface area contributed by atoms with Gasteiger partial charge in [-0.05, 0) is 30.5 Å². The van der Waals surface area contributed by atoms with Crippen LogP contribution in [0.4, 0.5) is 0 Å². The molecule has 1 aliphatic rings. The van der Waals surface area contributed by atoms with Crippen molar-refractivity contribution in [2.45, 2.75) is 26.3 Å². The number of aryl methyl sites for hydroxylation is 1. The van der Waals surface area contributed by atoms with Crippen LogP contribution in [0.2, 0.25) is 0 Å². The number of benzene rings is 1. The second kappa shape index (κ2) is 7.78. The van der Waals surface area contributed by atoms with Crippen LogP contribution >= 0.6 is 0 Å². The maximum atomic E-state index is 12.1. The predicted octanol–water partition coefficient (Wildman–Crippen LogP) is 0.687. The van der Waals surface area contributed by atoms with E-state index in [2.05, 4.69) is 17.6 Å². The van der Waals surface area contributed by atoms with Crippen molar-refractivity contribution in [2.24, 2.45) is 0 Å². The second-order valence-corrected chi connectivity index (χ2v) is 5.25. The summed E-state index contributed by atoms with van der Waals surface area (Å²) in [5.41, 5.74) is 2.27. The number of carbonyl (C=O) groups excluding carboxylic acids is 2. The maximum Gasteiger partial charge on any atom is 0.311 e. The summed E-state index contributed by atoms with van der Waals surface area (Å²) in [5, 5.41) is 5.92. The number of amides is 2. The van der Waals surface area contributed by atoms with Gasteiger partial charge in [0.2, 0.25) is 0 Å². The Hall–Kier alpha value is -1.88. The maximum absolute atomic E-state index is 12.1. The van der Waals surface area contributed by atoms with Crippen molar-refractivity contribution in [1.82, 2.24) is 15.5 Å². The molecule has 5 nitrogen and oxygen atoms in total. The van der Waals surface area contributed by atoms with Gasteiger partial charge in [-0.15, -0.1) is 0 Å². The molecule has 21 heavy (non-hydrogen) atoms. The molecular weight excluding hydrogens is 266 g/mol. The van der Waals surface area contributed by atoms with Gasteiger partial charge < -0.3 is 15.5 Å². The average molecular weight is 289 g/mol. The molecule has 114 valence electrons. The first-order chi connectivity index (χ1) is 10.2. The van der Waals surface area contributed by atoms with Crippen molar-refractivity contribution >= 4 is 11.8 Å². The summed E-state index contributed by atoms with van der Waals surface area (Å²) in [6, 6.07) is 8.06. The van der Waals surface area contributed by atoms with Gasteiger partial charge in [0.15, 0.2) is 0 Å². The molecule has 0 radical (unpaired) electrons. The van der Waals surface area contributed by atoms with E-state index in [1.807, 2.05) is 24.3 Å². The van der Waals surface area contributed by atoms with Gasteiger partial charge in [0.25, 0.3) is 0 Å². The van der Waals surface area contributed by atoms with Gasteiger partial charge in [-0.2, -0.15) is 0 Å². The first-order valence-corrected chi connectivity index (χ1v) is 7.56. The van der Waals surface area contributed by atoms with Gasteiger partial charge in [0.1, 0.15) is 0 Å². The normalized spacial score (nSPS) is 15.4. The van der Waals surface area contributed by atoms with Crippen molar-refractivity contribution in [3.8, 4) is 0 Å². The Morgan fingerprint density at radius 3 is 2.57 bits per heavy atom. The molecule has 1 fully saturated rings. The molecule has 2 amide bonds. The summed E-state index contributed by atoms with van der Waals surface area (Å²) in [5.74, 6) is -0.944. The van der Waals surface area contributed by atoms with Gasteiger partial charge >= 0.3 is 11.8 Å². The molecule has 5 heteroatoms. The fourth-order valence-corrected chi connectivity index (χ4v) is 2.34. The average Bonchev–Trinajstić information content (AvgIpc) is 2.81. The zero-order valence-electron chi connectivity index (χ0n) is 12.5. The number of hydrogen-bond acceptors (Lipinski definition) is 3. The standard InChI is InChI=1S/C16H23N3O2/c1-2-13-4-6-14(7-5-13)12-18-15(20)16(21)19-10-3-8-17-9-11-19/h4-7,17H,2-3,8-12H2,1H3,(H,18,20). The van der Waals surface area contributed by atoms with Crippen LogP contribution in [0.5, 0.6) is 0 Å². The van der Waals surface area contributed by atoms with Crippen molar-refractivity contribution in [2.75, 3.05) is 26.2 Å². The smallest absolute Gasteiger partial charge is 0.311 e. The van der Waals surface area contributed by atoms with Crippen molar-refractivity contribution in [1.29, 1.82) is 0 Å². The Morgan fingerprint density at radius 2 is 1.86 bits per heavy atom. The highest BCUT2D eigenvalue weighted by Crippen LogP contribution is 2.05. The van der Waals surface area contributed by atoms with Crippen LogP contribution in [0.1, 0.15) is 24.5 Å². The summed E-state index contributed by atoms with van der Waals surface area (Å²) in [6.45, 7) is 5.38. The van der Waals surface area contributed by atoms with Gasteiger partial charge in [-0.25, -0.2) is 0 Å². The minimum atomic E-state index is -0.517. The zero-order chi connectivity index (χ0) is 15.1. The molecule has 1 aromatic rings. The molecule has 2 N–H and O–H groups in total. The zero-order valence-corrected chi connectivity index (χ0v) is 12.5. The Morgan fingerprint density at radius 1 is 1.14 bits per heavy atom. The van der Waals surface area contributed by atoms with Gasteiger partial charge in [0, 0.05) is 26.2 Å². The molecule has 1 saturated heterocycles. The minimum Gasteiger partial charge on any atom is -0.344 e. The number of nitrogens with zero attached hydrogens (tertiary/aromatic N) is 1. The first-order valence-electron chi connectivity index (χ1n) is 7.56. The van der Waals surface area contributed by atoms with Crippen LogP contribution < -0.4 is 10.6 Å². The molecule has 2 rings (SSSR count). The van der Waals surface area contributed by atoms with Gasteiger partial charge in [-0.3, -0.25) is 9.59 Å². The third kappa shape index (κ3) is 4.56. The summed E-state index contributed by atoms with van der Waals surface area (Å²) in [4.78, 5) is 25.6. The monoisotopic (exact) mass is 289 g/mol. The van der Waals surface area contributed by atoms with E-state index in [9.17, 15) is 9.59 Å². The van der Waals surface area contributed by atoms with Crippen molar-refractivity contribution < 1.29 is 9.59 Å². The molecule has 0 spiro atoms. The van der Waals surface area contributed by atoms with E-state index in [-0.39, 0.29) is 0 Å². The Kier molecular flexibility index (Phi) is 5.75. The summed E-state index contributed by atoms with van der Waals surface area (Å²) in [6.07, 6.45) is 1.88. The molecule has 0 unspecified atom stereocenters. The molecule has 0 aromatic heterocycles. The highest BCUT2D eigenvalue weighted by molar-refractivity contribution is 6.34. The lowest BCUT2D eigenvalue weighted by atomic mass is 10.1. The minimum absolute atomic E-state index is 0.390. The third-order valence-corrected chi connectivity index (χ3v) is 3.71. The molecular formula is C16H23N3O2.